The van der Waals surface area contributed by atoms with Gasteiger partial charge in [-0.1, -0.05) is 56.5 Å². The molecule has 3 saturated carbocycles. The molecule has 5 heteroatoms. The van der Waals surface area contributed by atoms with Crippen LogP contribution in [0.2, 0.25) is 0 Å². The largest absolute Gasteiger partial charge is 0.480 e. The van der Waals surface area contributed by atoms with Crippen molar-refractivity contribution in [3.63, 3.8) is 0 Å². The monoisotopic (exact) mass is 345 g/mol. The number of unbranched alkanes of at least 4 members (excludes halogenated alkanes) is 2. The molecule has 1 aromatic rings. The topological polar surface area (TPSA) is 75.6 Å². The second-order valence-electron chi connectivity index (χ2n) is 7.83. The molecule has 3 aliphatic rings. The minimum absolute atomic E-state index is 0.146. The Bertz CT molecular complexity index is 608. The summed E-state index contributed by atoms with van der Waals surface area (Å²) < 4.78 is 5.18. The van der Waals surface area contributed by atoms with Gasteiger partial charge in [-0.25, -0.2) is 9.59 Å². The lowest BCUT2D eigenvalue weighted by Crippen LogP contribution is -2.71. The van der Waals surface area contributed by atoms with Gasteiger partial charge in [0.2, 0.25) is 0 Å². The first-order valence-corrected chi connectivity index (χ1v) is 9.19. The average Bonchev–Trinajstić information content (AvgIpc) is 2.53. The molecule has 1 atom stereocenters. The Balaban J connectivity index is 1.48. The molecule has 3 fully saturated rings. The van der Waals surface area contributed by atoms with E-state index in [-0.39, 0.29) is 12.0 Å². The van der Waals surface area contributed by atoms with Crippen molar-refractivity contribution in [2.24, 2.45) is 10.8 Å². The number of carboxylic acids is 1. The molecule has 2 bridgehead atoms. The number of aliphatic carboxylic acids is 1. The number of hydrogen-bond acceptors (Lipinski definition) is 3. The Kier molecular flexibility index (Phi) is 5.02. The molecule has 1 amide bonds. The van der Waals surface area contributed by atoms with E-state index in [4.69, 9.17) is 4.74 Å². The van der Waals surface area contributed by atoms with Gasteiger partial charge in [-0.05, 0) is 36.7 Å². The summed E-state index contributed by atoms with van der Waals surface area (Å²) in [5.74, 6) is -0.960. The third-order valence-electron chi connectivity index (χ3n) is 5.83. The lowest BCUT2D eigenvalue weighted by Gasteiger charge is -2.72. The highest BCUT2D eigenvalue weighted by Crippen LogP contribution is 2.76. The number of amides is 1. The summed E-state index contributed by atoms with van der Waals surface area (Å²) in [7, 11) is 0. The number of carbonyl (C=O) groups excluding carboxylic acids is 1. The first kappa shape index (κ1) is 17.8. The minimum atomic E-state index is -0.960. The van der Waals surface area contributed by atoms with Crippen LogP contribution in [0.3, 0.4) is 0 Å². The second-order valence-corrected chi connectivity index (χ2v) is 7.83. The van der Waals surface area contributed by atoms with Crippen LogP contribution in [-0.2, 0) is 16.1 Å². The van der Waals surface area contributed by atoms with Gasteiger partial charge in [0.25, 0.3) is 0 Å². The number of rotatable bonds is 9. The predicted octanol–water partition coefficient (Wildman–Crippen LogP) is 4.12. The van der Waals surface area contributed by atoms with Crippen LogP contribution in [-0.4, -0.2) is 23.2 Å². The maximum absolute atomic E-state index is 12.0. The predicted molar refractivity (Wildman–Crippen MR) is 94.0 cm³/mol. The maximum Gasteiger partial charge on any atom is 0.408 e. The number of nitrogens with one attached hydrogen (secondary N) is 1. The summed E-state index contributed by atoms with van der Waals surface area (Å²) >= 11 is 0. The van der Waals surface area contributed by atoms with E-state index in [1.165, 1.54) is 25.7 Å². The van der Waals surface area contributed by atoms with E-state index in [0.717, 1.165) is 24.8 Å². The summed E-state index contributed by atoms with van der Waals surface area (Å²) in [6.07, 6.45) is 6.94. The highest BCUT2D eigenvalue weighted by molar-refractivity contribution is 5.81. The molecule has 0 heterocycles. The van der Waals surface area contributed by atoms with Crippen LogP contribution in [0.5, 0.6) is 0 Å². The highest BCUT2D eigenvalue weighted by atomic mass is 16.5. The van der Waals surface area contributed by atoms with Gasteiger partial charge in [-0.2, -0.15) is 0 Å². The van der Waals surface area contributed by atoms with Gasteiger partial charge < -0.3 is 15.2 Å². The van der Waals surface area contributed by atoms with Gasteiger partial charge in [0.1, 0.15) is 12.6 Å². The van der Waals surface area contributed by atoms with E-state index < -0.39 is 18.1 Å². The Morgan fingerprint density at radius 1 is 1.20 bits per heavy atom. The van der Waals surface area contributed by atoms with E-state index >= 15 is 0 Å². The van der Waals surface area contributed by atoms with Gasteiger partial charge in [0, 0.05) is 5.41 Å². The molecule has 0 aliphatic heterocycles. The molecule has 2 N–H and O–H groups in total. The fourth-order valence-electron chi connectivity index (χ4n) is 4.77. The first-order chi connectivity index (χ1) is 12.0. The van der Waals surface area contributed by atoms with Gasteiger partial charge in [0.15, 0.2) is 0 Å². The van der Waals surface area contributed by atoms with Gasteiger partial charge in [-0.3, -0.25) is 0 Å². The third-order valence-corrected chi connectivity index (χ3v) is 5.83. The summed E-state index contributed by atoms with van der Waals surface area (Å²) in [4.78, 5) is 23.7. The normalized spacial score (nSPS) is 27.6. The third kappa shape index (κ3) is 3.65. The van der Waals surface area contributed by atoms with Crippen LogP contribution in [0.1, 0.15) is 57.4 Å². The molecular formula is C20H27NO4. The number of carbonyl (C=O) groups is 2. The lowest BCUT2D eigenvalue weighted by molar-refractivity contribution is -0.228. The fourth-order valence-corrected chi connectivity index (χ4v) is 4.77. The van der Waals surface area contributed by atoms with E-state index in [1.807, 2.05) is 30.3 Å². The van der Waals surface area contributed by atoms with Crippen molar-refractivity contribution in [3.05, 3.63) is 35.9 Å². The van der Waals surface area contributed by atoms with Gasteiger partial charge in [-0.15, -0.1) is 0 Å². The molecule has 136 valence electrons. The van der Waals surface area contributed by atoms with Crippen LogP contribution in [0.4, 0.5) is 4.79 Å². The SMILES string of the molecule is CCCCCC12CC(C(NC(=O)OCc3ccccc3)C(=O)O)(C1)C2. The van der Waals surface area contributed by atoms with Crippen molar-refractivity contribution >= 4 is 12.1 Å². The molecule has 1 unspecified atom stereocenters. The fraction of sp³-hybridized carbons (Fsp3) is 0.600. The van der Waals surface area contributed by atoms with Crippen molar-refractivity contribution in [1.82, 2.24) is 5.32 Å². The molecule has 0 saturated heterocycles. The Labute approximate surface area is 148 Å². The number of ether oxygens (including phenoxy) is 1. The molecule has 1 aromatic carbocycles. The summed E-state index contributed by atoms with van der Waals surface area (Å²) in [5.41, 5.74) is 0.965. The van der Waals surface area contributed by atoms with E-state index in [9.17, 15) is 14.7 Å². The standard InChI is InChI=1S/C20H27NO4/c1-2-3-7-10-19-12-20(13-19,14-19)16(17(22)23)21-18(24)25-11-15-8-5-4-6-9-15/h4-6,8-9,16H,2-3,7,10-14H2,1H3,(H,21,24)(H,22,23). The second kappa shape index (κ2) is 7.06. The van der Waals surface area contributed by atoms with Crippen molar-refractivity contribution in [2.45, 2.75) is 64.5 Å². The zero-order valence-corrected chi connectivity index (χ0v) is 14.8. The summed E-state index contributed by atoms with van der Waals surface area (Å²) in [6, 6.07) is 8.52. The van der Waals surface area contributed by atoms with E-state index in [2.05, 4.69) is 12.2 Å². The van der Waals surface area contributed by atoms with Gasteiger partial charge >= 0.3 is 12.1 Å². The maximum atomic E-state index is 12.0. The molecule has 25 heavy (non-hydrogen) atoms. The van der Waals surface area contributed by atoms with Crippen molar-refractivity contribution in [1.29, 1.82) is 0 Å². The zero-order chi connectivity index (χ0) is 17.9. The number of hydrogen-bond donors (Lipinski definition) is 2. The summed E-state index contributed by atoms with van der Waals surface area (Å²) in [6.45, 7) is 2.34. The van der Waals surface area contributed by atoms with Crippen LogP contribution >= 0.6 is 0 Å². The van der Waals surface area contributed by atoms with Crippen molar-refractivity contribution in [2.75, 3.05) is 0 Å². The summed E-state index contributed by atoms with van der Waals surface area (Å²) in [5, 5.41) is 12.2. The number of carboxylic acid groups (broad SMARTS) is 1. The molecule has 0 radical (unpaired) electrons. The lowest BCUT2D eigenvalue weighted by atomic mass is 9.32. The molecule has 0 spiro atoms. The Morgan fingerprint density at radius 2 is 1.88 bits per heavy atom. The van der Waals surface area contributed by atoms with Crippen LogP contribution in [0.15, 0.2) is 30.3 Å². The highest BCUT2D eigenvalue weighted by Gasteiger charge is 2.71. The van der Waals surface area contributed by atoms with Crippen molar-refractivity contribution < 1.29 is 19.4 Å². The number of alkyl carbamates (subject to hydrolysis) is 1. The Hall–Kier alpha value is -2.04. The minimum Gasteiger partial charge on any atom is -0.480 e. The zero-order valence-electron chi connectivity index (χ0n) is 14.8. The molecule has 5 nitrogen and oxygen atoms in total. The van der Waals surface area contributed by atoms with Crippen molar-refractivity contribution in [3.8, 4) is 0 Å². The molecular weight excluding hydrogens is 318 g/mol. The Morgan fingerprint density at radius 3 is 2.48 bits per heavy atom. The van der Waals surface area contributed by atoms with Crippen LogP contribution in [0, 0.1) is 10.8 Å². The first-order valence-electron chi connectivity index (χ1n) is 9.19. The number of benzene rings is 1. The van der Waals surface area contributed by atoms with Crippen LogP contribution in [0.25, 0.3) is 0 Å². The smallest absolute Gasteiger partial charge is 0.408 e. The van der Waals surface area contributed by atoms with E-state index in [1.54, 1.807) is 0 Å². The molecule has 4 rings (SSSR count). The van der Waals surface area contributed by atoms with E-state index in [0.29, 0.717) is 5.41 Å². The van der Waals surface area contributed by atoms with Gasteiger partial charge in [0.05, 0.1) is 0 Å². The molecule has 3 aliphatic carbocycles. The quantitative estimate of drug-likeness (QED) is 0.660. The average molecular weight is 345 g/mol. The molecule has 0 aromatic heterocycles. The van der Waals surface area contributed by atoms with Crippen LogP contribution < -0.4 is 5.32 Å².